The van der Waals surface area contributed by atoms with E-state index < -0.39 is 29.0 Å². The number of aromatic nitrogens is 1. The third-order valence-corrected chi connectivity index (χ3v) is 3.96. The van der Waals surface area contributed by atoms with Crippen LogP contribution in [-0.4, -0.2) is 32.2 Å². The normalized spacial score (nSPS) is 10.5. The predicted molar refractivity (Wildman–Crippen MR) is 99.8 cm³/mol. The molecule has 0 saturated carbocycles. The van der Waals surface area contributed by atoms with Gasteiger partial charge in [0.15, 0.2) is 17.2 Å². The fraction of sp³-hybridized carbons (Fsp3) is 0.158. The van der Waals surface area contributed by atoms with E-state index >= 15 is 0 Å². The minimum absolute atomic E-state index is 0.204. The molecule has 10 heteroatoms. The maximum Gasteiger partial charge on any atom is 0.273 e. The van der Waals surface area contributed by atoms with Gasteiger partial charge in [-0.3, -0.25) is 4.79 Å². The molecule has 1 aromatic heterocycles. The number of rotatable bonds is 7. The van der Waals surface area contributed by atoms with Gasteiger partial charge < -0.3 is 29.7 Å². The summed E-state index contributed by atoms with van der Waals surface area (Å²) in [6.07, 6.45) is 0. The number of halogens is 2. The molecule has 0 aliphatic heterocycles. The van der Waals surface area contributed by atoms with E-state index in [2.05, 4.69) is 10.3 Å². The van der Waals surface area contributed by atoms with E-state index in [0.717, 1.165) is 12.1 Å². The number of hydrogen-bond donors (Lipinski definition) is 2. The Morgan fingerprint density at radius 2 is 1.66 bits per heavy atom. The summed E-state index contributed by atoms with van der Waals surface area (Å²) >= 11 is 0. The summed E-state index contributed by atoms with van der Waals surface area (Å²) in [5.74, 6) is -2.39. The van der Waals surface area contributed by atoms with Gasteiger partial charge in [0.1, 0.15) is 17.2 Å². The topological polar surface area (TPSA) is 109 Å². The maximum atomic E-state index is 14.1. The van der Waals surface area contributed by atoms with E-state index in [0.29, 0.717) is 22.9 Å². The van der Waals surface area contributed by atoms with Gasteiger partial charge in [-0.2, -0.15) is 0 Å². The highest BCUT2D eigenvalue weighted by atomic mass is 19.1. The second-order valence-electron chi connectivity index (χ2n) is 5.70. The number of primary amides is 1. The molecule has 3 aromatic rings. The van der Waals surface area contributed by atoms with E-state index in [4.69, 9.17) is 24.4 Å². The SMILES string of the molecule is COc1cc(Nc2oc(-c3c(F)cccc3F)nc2C(N)=O)cc(OC)c1OC. The first-order chi connectivity index (χ1) is 13.9. The van der Waals surface area contributed by atoms with Crippen LogP contribution < -0.4 is 25.3 Å². The molecule has 8 nitrogen and oxygen atoms in total. The number of nitrogens with zero attached hydrogens (tertiary/aromatic N) is 1. The Hall–Kier alpha value is -3.82. The Labute approximate surface area is 164 Å². The molecule has 2 aromatic carbocycles. The molecule has 1 heterocycles. The van der Waals surface area contributed by atoms with Crippen molar-refractivity contribution in [2.75, 3.05) is 26.6 Å². The highest BCUT2D eigenvalue weighted by Gasteiger charge is 2.24. The Balaban J connectivity index is 2.08. The van der Waals surface area contributed by atoms with Gasteiger partial charge in [-0.15, -0.1) is 0 Å². The van der Waals surface area contributed by atoms with Gasteiger partial charge in [0.05, 0.1) is 21.3 Å². The lowest BCUT2D eigenvalue weighted by Gasteiger charge is -2.14. The third-order valence-electron chi connectivity index (χ3n) is 3.96. The quantitative estimate of drug-likeness (QED) is 0.619. The van der Waals surface area contributed by atoms with Crippen molar-refractivity contribution < 1.29 is 32.2 Å². The molecule has 3 N–H and O–H groups in total. The van der Waals surface area contributed by atoms with Crippen molar-refractivity contribution in [3.63, 3.8) is 0 Å². The molecule has 0 aliphatic carbocycles. The molecule has 0 aliphatic rings. The van der Waals surface area contributed by atoms with Crippen LogP contribution in [-0.2, 0) is 0 Å². The molecule has 0 saturated heterocycles. The van der Waals surface area contributed by atoms with Gasteiger partial charge in [0, 0.05) is 17.8 Å². The molecular formula is C19H17F2N3O5. The molecule has 29 heavy (non-hydrogen) atoms. The Morgan fingerprint density at radius 1 is 1.07 bits per heavy atom. The first-order valence-corrected chi connectivity index (χ1v) is 8.21. The van der Waals surface area contributed by atoms with E-state index in [1.807, 2.05) is 0 Å². The number of nitrogens with one attached hydrogen (secondary N) is 1. The summed E-state index contributed by atoms with van der Waals surface area (Å²) in [5, 5.41) is 2.79. The Morgan fingerprint density at radius 3 is 2.14 bits per heavy atom. The summed E-state index contributed by atoms with van der Waals surface area (Å²) in [6, 6.07) is 6.36. The number of amides is 1. The van der Waals surface area contributed by atoms with Crippen molar-refractivity contribution in [1.29, 1.82) is 0 Å². The minimum Gasteiger partial charge on any atom is -0.493 e. The molecule has 0 radical (unpaired) electrons. The maximum absolute atomic E-state index is 14.1. The van der Waals surface area contributed by atoms with Gasteiger partial charge in [0.25, 0.3) is 5.91 Å². The smallest absolute Gasteiger partial charge is 0.273 e. The number of nitrogens with two attached hydrogens (primary N) is 1. The Kier molecular flexibility index (Phi) is 5.53. The lowest BCUT2D eigenvalue weighted by atomic mass is 10.2. The van der Waals surface area contributed by atoms with Crippen molar-refractivity contribution in [2.45, 2.75) is 0 Å². The lowest BCUT2D eigenvalue weighted by molar-refractivity contribution is 0.0996. The first kappa shape index (κ1) is 19.9. The molecule has 0 atom stereocenters. The van der Waals surface area contributed by atoms with Crippen molar-refractivity contribution in [1.82, 2.24) is 4.98 Å². The monoisotopic (exact) mass is 405 g/mol. The van der Waals surface area contributed by atoms with Crippen LogP contribution in [0.4, 0.5) is 20.4 Å². The van der Waals surface area contributed by atoms with Crippen LogP contribution in [0.5, 0.6) is 17.2 Å². The fourth-order valence-corrected chi connectivity index (χ4v) is 2.67. The van der Waals surface area contributed by atoms with E-state index in [-0.39, 0.29) is 11.6 Å². The zero-order valence-electron chi connectivity index (χ0n) is 15.7. The summed E-state index contributed by atoms with van der Waals surface area (Å²) in [6.45, 7) is 0. The van der Waals surface area contributed by atoms with Crippen LogP contribution in [0.1, 0.15) is 10.5 Å². The van der Waals surface area contributed by atoms with Crippen LogP contribution in [0.25, 0.3) is 11.5 Å². The molecule has 0 spiro atoms. The van der Waals surface area contributed by atoms with Gasteiger partial charge in [-0.05, 0) is 12.1 Å². The van der Waals surface area contributed by atoms with Crippen molar-refractivity contribution in [3.05, 3.63) is 47.7 Å². The highest BCUT2D eigenvalue weighted by Crippen LogP contribution is 2.41. The number of carbonyl (C=O) groups excluding carboxylic acids is 1. The number of anilines is 2. The fourth-order valence-electron chi connectivity index (χ4n) is 2.67. The summed E-state index contributed by atoms with van der Waals surface area (Å²) in [5.41, 5.74) is 4.84. The number of benzene rings is 2. The molecular weight excluding hydrogens is 388 g/mol. The van der Waals surface area contributed by atoms with E-state index in [9.17, 15) is 13.6 Å². The van der Waals surface area contributed by atoms with Crippen molar-refractivity contribution in [3.8, 4) is 28.7 Å². The highest BCUT2D eigenvalue weighted by molar-refractivity contribution is 5.96. The second kappa shape index (κ2) is 8.05. The summed E-state index contributed by atoms with van der Waals surface area (Å²) < 4.78 is 49.3. The second-order valence-corrected chi connectivity index (χ2v) is 5.70. The minimum atomic E-state index is -0.952. The number of carbonyl (C=O) groups is 1. The van der Waals surface area contributed by atoms with Crippen molar-refractivity contribution in [2.24, 2.45) is 5.73 Å². The predicted octanol–water partition coefficient (Wildman–Crippen LogP) is 3.49. The largest absolute Gasteiger partial charge is 0.493 e. The number of hydrogen-bond acceptors (Lipinski definition) is 7. The standard InChI is InChI=1S/C19H17F2N3O5/c1-26-12-7-9(8-13(27-2)16(12)28-3)23-19-15(17(22)25)24-18(29-19)14-10(20)5-4-6-11(14)21/h4-8,23H,1-3H3,(H2,22,25). The molecule has 152 valence electrons. The van der Waals surface area contributed by atoms with E-state index in [1.54, 1.807) is 0 Å². The van der Waals surface area contributed by atoms with Crippen LogP contribution in [0.3, 0.4) is 0 Å². The average molecular weight is 405 g/mol. The molecule has 3 rings (SSSR count). The van der Waals surface area contributed by atoms with Crippen LogP contribution >= 0.6 is 0 Å². The zero-order valence-corrected chi connectivity index (χ0v) is 15.7. The average Bonchev–Trinajstić information content (AvgIpc) is 3.10. The first-order valence-electron chi connectivity index (χ1n) is 8.21. The Bertz CT molecular complexity index is 1020. The molecule has 0 bridgehead atoms. The van der Waals surface area contributed by atoms with Gasteiger partial charge in [-0.25, -0.2) is 13.8 Å². The van der Waals surface area contributed by atoms with Crippen LogP contribution in [0.2, 0.25) is 0 Å². The number of oxazole rings is 1. The van der Waals surface area contributed by atoms with Gasteiger partial charge in [0.2, 0.25) is 17.5 Å². The lowest BCUT2D eigenvalue weighted by Crippen LogP contribution is -2.13. The van der Waals surface area contributed by atoms with Gasteiger partial charge in [-0.1, -0.05) is 6.07 Å². The van der Waals surface area contributed by atoms with Crippen molar-refractivity contribution >= 4 is 17.5 Å². The molecule has 1 amide bonds. The number of ether oxygens (including phenoxy) is 3. The van der Waals surface area contributed by atoms with Gasteiger partial charge >= 0.3 is 0 Å². The number of methoxy groups -OCH3 is 3. The molecule has 0 fully saturated rings. The van der Waals surface area contributed by atoms with E-state index in [1.165, 1.54) is 39.5 Å². The third kappa shape index (κ3) is 3.77. The molecule has 0 unspecified atom stereocenters. The van der Waals surface area contributed by atoms with Crippen LogP contribution in [0.15, 0.2) is 34.7 Å². The summed E-state index contributed by atoms with van der Waals surface area (Å²) in [7, 11) is 4.32. The summed E-state index contributed by atoms with van der Waals surface area (Å²) in [4.78, 5) is 15.6. The van der Waals surface area contributed by atoms with Crippen LogP contribution in [0, 0.1) is 11.6 Å². The zero-order chi connectivity index (χ0) is 21.1.